The second kappa shape index (κ2) is 3.38. The zero-order valence-corrected chi connectivity index (χ0v) is 8.81. The number of aromatic amines is 1. The fourth-order valence-corrected chi connectivity index (χ4v) is 1.91. The average Bonchev–Trinajstić information content (AvgIpc) is 2.64. The van der Waals surface area contributed by atoms with Crippen LogP contribution in [0.4, 0.5) is 0 Å². The number of nitrogens with zero attached hydrogens (tertiary/aromatic N) is 1. The zero-order chi connectivity index (χ0) is 10.1. The number of rotatable bonds is 1. The number of thiophene rings is 1. The Morgan fingerprint density at radius 1 is 1.43 bits per heavy atom. The van der Waals surface area contributed by atoms with Crippen molar-refractivity contribution >= 4 is 11.3 Å². The van der Waals surface area contributed by atoms with Gasteiger partial charge in [0, 0.05) is 5.69 Å². The fourth-order valence-electron chi connectivity index (χ4n) is 1.20. The monoisotopic (exact) mass is 206 g/mol. The highest BCUT2D eigenvalue weighted by atomic mass is 32.1. The molecule has 0 spiro atoms. The van der Waals surface area contributed by atoms with Gasteiger partial charge in [0.15, 0.2) is 0 Å². The van der Waals surface area contributed by atoms with Gasteiger partial charge < -0.3 is 4.98 Å². The van der Waals surface area contributed by atoms with Crippen LogP contribution in [-0.2, 0) is 0 Å². The first-order valence-electron chi connectivity index (χ1n) is 4.30. The normalized spacial score (nSPS) is 10.4. The van der Waals surface area contributed by atoms with Crippen LogP contribution in [0.2, 0.25) is 0 Å². The molecule has 2 rings (SSSR count). The first-order valence-corrected chi connectivity index (χ1v) is 5.18. The van der Waals surface area contributed by atoms with Gasteiger partial charge in [-0.05, 0) is 25.3 Å². The summed E-state index contributed by atoms with van der Waals surface area (Å²) in [7, 11) is 0. The van der Waals surface area contributed by atoms with Gasteiger partial charge in [0.25, 0.3) is 5.56 Å². The Labute approximate surface area is 85.5 Å². The van der Waals surface area contributed by atoms with E-state index in [1.165, 1.54) is 11.3 Å². The highest BCUT2D eigenvalue weighted by Gasteiger charge is 2.07. The van der Waals surface area contributed by atoms with E-state index in [2.05, 4.69) is 9.97 Å². The van der Waals surface area contributed by atoms with Gasteiger partial charge >= 0.3 is 0 Å². The average molecular weight is 206 g/mol. The van der Waals surface area contributed by atoms with Gasteiger partial charge in [0.05, 0.1) is 10.6 Å². The number of aromatic nitrogens is 2. The first-order chi connectivity index (χ1) is 6.68. The van der Waals surface area contributed by atoms with Crippen molar-refractivity contribution in [1.82, 2.24) is 9.97 Å². The van der Waals surface area contributed by atoms with Crippen LogP contribution in [0.1, 0.15) is 11.4 Å². The Morgan fingerprint density at radius 2 is 2.21 bits per heavy atom. The van der Waals surface area contributed by atoms with E-state index in [0.717, 1.165) is 16.3 Å². The minimum Gasteiger partial charge on any atom is -0.323 e. The van der Waals surface area contributed by atoms with E-state index in [9.17, 15) is 4.79 Å². The van der Waals surface area contributed by atoms with E-state index in [1.807, 2.05) is 31.4 Å². The standard InChI is InChI=1S/C10H10N2OS/c1-6-7(2)12-10(13)9(11-6)8-4-3-5-14-8/h3-5H,1-2H3,(H,12,13). The highest BCUT2D eigenvalue weighted by Crippen LogP contribution is 2.19. The summed E-state index contributed by atoms with van der Waals surface area (Å²) in [5, 5.41) is 1.94. The van der Waals surface area contributed by atoms with Crippen molar-refractivity contribution in [2.75, 3.05) is 0 Å². The summed E-state index contributed by atoms with van der Waals surface area (Å²) in [5.74, 6) is 0. The molecule has 72 valence electrons. The lowest BCUT2D eigenvalue weighted by molar-refractivity contribution is 1.02. The van der Waals surface area contributed by atoms with Gasteiger partial charge in [-0.25, -0.2) is 4.98 Å². The predicted octanol–water partition coefficient (Wildman–Crippen LogP) is 2.12. The van der Waals surface area contributed by atoms with Crippen LogP contribution in [0.25, 0.3) is 10.6 Å². The van der Waals surface area contributed by atoms with Crippen LogP contribution >= 0.6 is 11.3 Å². The number of aryl methyl sites for hydroxylation is 2. The van der Waals surface area contributed by atoms with E-state index >= 15 is 0 Å². The van der Waals surface area contributed by atoms with E-state index in [4.69, 9.17) is 0 Å². The van der Waals surface area contributed by atoms with Crippen molar-refractivity contribution in [3.8, 4) is 10.6 Å². The Balaban J connectivity index is 2.66. The van der Waals surface area contributed by atoms with E-state index in [-0.39, 0.29) is 5.56 Å². The van der Waals surface area contributed by atoms with Crippen molar-refractivity contribution in [3.05, 3.63) is 39.3 Å². The maximum Gasteiger partial charge on any atom is 0.275 e. The van der Waals surface area contributed by atoms with Crippen molar-refractivity contribution in [1.29, 1.82) is 0 Å². The second-order valence-corrected chi connectivity index (χ2v) is 4.05. The van der Waals surface area contributed by atoms with Crippen molar-refractivity contribution in [3.63, 3.8) is 0 Å². The Hall–Kier alpha value is -1.42. The lowest BCUT2D eigenvalue weighted by Gasteiger charge is -2.01. The summed E-state index contributed by atoms with van der Waals surface area (Å²) in [6.07, 6.45) is 0. The Kier molecular flexibility index (Phi) is 2.21. The third-order valence-corrected chi connectivity index (χ3v) is 2.97. The fraction of sp³-hybridized carbons (Fsp3) is 0.200. The first kappa shape index (κ1) is 9.15. The van der Waals surface area contributed by atoms with Crippen LogP contribution in [0.3, 0.4) is 0 Å². The van der Waals surface area contributed by atoms with Crippen LogP contribution in [0, 0.1) is 13.8 Å². The van der Waals surface area contributed by atoms with Crippen molar-refractivity contribution in [2.45, 2.75) is 13.8 Å². The molecule has 0 saturated heterocycles. The molecule has 0 unspecified atom stereocenters. The molecule has 0 aliphatic heterocycles. The van der Waals surface area contributed by atoms with Crippen molar-refractivity contribution in [2.24, 2.45) is 0 Å². The molecule has 2 aromatic rings. The lowest BCUT2D eigenvalue weighted by Crippen LogP contribution is -2.13. The van der Waals surface area contributed by atoms with E-state index in [1.54, 1.807) is 0 Å². The molecule has 2 heterocycles. The summed E-state index contributed by atoms with van der Waals surface area (Å²) >= 11 is 1.52. The van der Waals surface area contributed by atoms with Gasteiger partial charge in [-0.3, -0.25) is 4.79 Å². The number of hydrogen-bond donors (Lipinski definition) is 1. The lowest BCUT2D eigenvalue weighted by atomic mass is 10.3. The van der Waals surface area contributed by atoms with Gasteiger partial charge in [0.2, 0.25) is 0 Å². The maximum atomic E-state index is 11.6. The second-order valence-electron chi connectivity index (χ2n) is 3.10. The smallest absolute Gasteiger partial charge is 0.275 e. The van der Waals surface area contributed by atoms with Crippen LogP contribution < -0.4 is 5.56 Å². The summed E-state index contributed by atoms with van der Waals surface area (Å²) in [4.78, 5) is 19.6. The summed E-state index contributed by atoms with van der Waals surface area (Å²) in [6.45, 7) is 3.74. The van der Waals surface area contributed by atoms with E-state index < -0.39 is 0 Å². The Morgan fingerprint density at radius 3 is 2.86 bits per heavy atom. The molecule has 0 aliphatic carbocycles. The molecule has 4 heteroatoms. The molecule has 14 heavy (non-hydrogen) atoms. The third-order valence-electron chi connectivity index (χ3n) is 2.09. The SMILES string of the molecule is Cc1nc(-c2cccs2)c(=O)[nH]c1C. The molecule has 0 amide bonds. The number of hydrogen-bond acceptors (Lipinski definition) is 3. The van der Waals surface area contributed by atoms with Crippen LogP contribution in [0.15, 0.2) is 22.3 Å². The molecule has 0 fully saturated rings. The molecule has 2 aromatic heterocycles. The zero-order valence-electron chi connectivity index (χ0n) is 8.00. The number of nitrogens with one attached hydrogen (secondary N) is 1. The van der Waals surface area contributed by atoms with Gasteiger partial charge in [-0.1, -0.05) is 6.07 Å². The molecule has 0 bridgehead atoms. The van der Waals surface area contributed by atoms with Gasteiger partial charge in [0.1, 0.15) is 5.69 Å². The summed E-state index contributed by atoms with van der Waals surface area (Å²) < 4.78 is 0. The molecule has 3 nitrogen and oxygen atoms in total. The minimum absolute atomic E-state index is 0.115. The highest BCUT2D eigenvalue weighted by molar-refractivity contribution is 7.13. The number of H-pyrrole nitrogens is 1. The predicted molar refractivity (Wildman–Crippen MR) is 57.6 cm³/mol. The molecular formula is C10H10N2OS. The van der Waals surface area contributed by atoms with Crippen LogP contribution in [0.5, 0.6) is 0 Å². The molecule has 0 saturated carbocycles. The van der Waals surface area contributed by atoms with Crippen LogP contribution in [-0.4, -0.2) is 9.97 Å². The molecule has 0 aliphatic rings. The molecule has 0 atom stereocenters. The maximum absolute atomic E-state index is 11.6. The van der Waals surface area contributed by atoms with Gasteiger partial charge in [-0.15, -0.1) is 11.3 Å². The van der Waals surface area contributed by atoms with Gasteiger partial charge in [-0.2, -0.15) is 0 Å². The summed E-state index contributed by atoms with van der Waals surface area (Å²) in [5.41, 5.74) is 2.10. The van der Waals surface area contributed by atoms with E-state index in [0.29, 0.717) is 5.69 Å². The quantitative estimate of drug-likeness (QED) is 0.776. The summed E-state index contributed by atoms with van der Waals surface area (Å²) in [6, 6.07) is 3.81. The third kappa shape index (κ3) is 1.48. The topological polar surface area (TPSA) is 45.8 Å². The molecule has 0 aromatic carbocycles. The largest absolute Gasteiger partial charge is 0.323 e. The minimum atomic E-state index is -0.115. The molecular weight excluding hydrogens is 196 g/mol. The molecule has 1 N–H and O–H groups in total. The molecule has 0 radical (unpaired) electrons. The Bertz CT molecular complexity index is 499. The van der Waals surface area contributed by atoms with Crippen molar-refractivity contribution < 1.29 is 0 Å².